The van der Waals surface area contributed by atoms with E-state index in [1.807, 2.05) is 0 Å². The first-order valence-electron chi connectivity index (χ1n) is 6.66. The molecule has 0 atom stereocenters. The van der Waals surface area contributed by atoms with Gasteiger partial charge in [0.25, 0.3) is 0 Å². The maximum Gasteiger partial charge on any atom is 0.573 e. The van der Waals surface area contributed by atoms with Crippen LogP contribution in [0.1, 0.15) is 0 Å². The van der Waals surface area contributed by atoms with Gasteiger partial charge in [-0.25, -0.2) is 0 Å². The summed E-state index contributed by atoms with van der Waals surface area (Å²) in [7, 11) is 0. The molecule has 0 radical (unpaired) electrons. The van der Waals surface area contributed by atoms with E-state index in [9.17, 15) is 26.3 Å². The molecule has 0 saturated heterocycles. The second-order valence-electron chi connectivity index (χ2n) is 5.05. The molecule has 2 rings (SSSR count). The van der Waals surface area contributed by atoms with Crippen LogP contribution in [0.15, 0.2) is 24.3 Å². The van der Waals surface area contributed by atoms with E-state index in [2.05, 4.69) is 9.47 Å². The third-order valence-electron chi connectivity index (χ3n) is 3.11. The van der Waals surface area contributed by atoms with Crippen LogP contribution >= 0.6 is 0 Å². The van der Waals surface area contributed by atoms with Gasteiger partial charge in [-0.15, -0.1) is 26.3 Å². The van der Waals surface area contributed by atoms with Crippen molar-refractivity contribution in [2.45, 2.75) is 12.7 Å². The van der Waals surface area contributed by atoms with Crippen LogP contribution in [0.2, 0.25) is 0 Å². The average Bonchev–Trinajstić information content (AvgIpc) is 2.43. The molecule has 0 unspecified atom stereocenters. The Morgan fingerprint density at radius 1 is 0.538 bits per heavy atom. The van der Waals surface area contributed by atoms with E-state index < -0.39 is 35.4 Å². The number of hydrogen-bond acceptors (Lipinski definition) is 6. The van der Waals surface area contributed by atoms with Gasteiger partial charge in [-0.2, -0.15) is 0 Å². The third-order valence-corrected chi connectivity index (χ3v) is 3.11. The number of nitrogen functional groups attached to an aromatic ring is 4. The van der Waals surface area contributed by atoms with Crippen molar-refractivity contribution in [1.82, 2.24) is 0 Å². The third kappa shape index (κ3) is 4.46. The summed E-state index contributed by atoms with van der Waals surface area (Å²) in [6.45, 7) is 0. The second-order valence-corrected chi connectivity index (χ2v) is 5.05. The fraction of sp³-hybridized carbons (Fsp3) is 0.143. The summed E-state index contributed by atoms with van der Waals surface area (Å²) >= 11 is 0. The monoisotopic (exact) mass is 382 g/mol. The lowest BCUT2D eigenvalue weighted by Crippen LogP contribution is -2.19. The largest absolute Gasteiger partial charge is 0.573 e. The Kier molecular flexibility index (Phi) is 4.62. The first kappa shape index (κ1) is 19.1. The van der Waals surface area contributed by atoms with Gasteiger partial charge in [0.15, 0.2) is 0 Å². The summed E-state index contributed by atoms with van der Waals surface area (Å²) in [5.41, 5.74) is 20.1. The molecule has 8 N–H and O–H groups in total. The Morgan fingerprint density at radius 3 is 1.08 bits per heavy atom. The van der Waals surface area contributed by atoms with Gasteiger partial charge in [0.2, 0.25) is 0 Å². The van der Waals surface area contributed by atoms with Gasteiger partial charge in [-0.1, -0.05) is 0 Å². The summed E-state index contributed by atoms with van der Waals surface area (Å²) in [6.07, 6.45) is -10.3. The van der Waals surface area contributed by atoms with Crippen LogP contribution in [0.4, 0.5) is 49.1 Å². The van der Waals surface area contributed by atoms with Crippen LogP contribution in [-0.4, -0.2) is 12.7 Å². The van der Waals surface area contributed by atoms with Crippen LogP contribution in [-0.2, 0) is 0 Å². The number of alkyl halides is 6. The molecule has 2 aromatic rings. The number of anilines is 4. The normalized spacial score (nSPS) is 12.1. The predicted molar refractivity (Wildman–Crippen MR) is 82.9 cm³/mol. The molecule has 0 fully saturated rings. The van der Waals surface area contributed by atoms with Gasteiger partial charge >= 0.3 is 12.7 Å². The minimum Gasteiger partial charge on any atom is -0.405 e. The van der Waals surface area contributed by atoms with Gasteiger partial charge in [-0.3, -0.25) is 0 Å². The minimum atomic E-state index is -5.14. The lowest BCUT2D eigenvalue weighted by molar-refractivity contribution is -0.276. The lowest BCUT2D eigenvalue weighted by Gasteiger charge is -2.19. The molecular weight excluding hydrogens is 370 g/mol. The van der Waals surface area contributed by atoms with E-state index in [1.54, 1.807) is 0 Å². The van der Waals surface area contributed by atoms with Gasteiger partial charge in [0, 0.05) is 23.3 Å². The Hall–Kier alpha value is -3.18. The van der Waals surface area contributed by atoms with Crippen molar-refractivity contribution in [3.8, 4) is 22.6 Å². The summed E-state index contributed by atoms with van der Waals surface area (Å²) in [5.74, 6) is -1.78. The van der Waals surface area contributed by atoms with Gasteiger partial charge in [0.1, 0.15) is 11.5 Å². The first-order valence-corrected chi connectivity index (χ1v) is 6.66. The van der Waals surface area contributed by atoms with E-state index in [4.69, 9.17) is 22.9 Å². The van der Waals surface area contributed by atoms with E-state index in [0.717, 1.165) is 24.3 Å². The molecule has 0 spiro atoms. The summed E-state index contributed by atoms with van der Waals surface area (Å²) in [6, 6.07) is 3.26. The van der Waals surface area contributed by atoms with Crippen molar-refractivity contribution in [3.63, 3.8) is 0 Å². The highest BCUT2D eigenvalue weighted by Gasteiger charge is 2.35. The molecule has 0 aromatic heterocycles. The SMILES string of the molecule is Nc1cc(OC(F)(F)F)c(-c2cc(N)c(N)cc2OC(F)(F)F)cc1N. The maximum absolute atomic E-state index is 12.6. The highest BCUT2D eigenvalue weighted by molar-refractivity contribution is 5.87. The Bertz CT molecular complexity index is 766. The standard InChI is InChI=1S/C14H12F6N4O2/c15-13(16,17)25-11-3-9(23)7(21)1-5(11)6-2-8(22)10(24)4-12(6)26-14(18,19)20/h1-4H,21-24H2. The van der Waals surface area contributed by atoms with Crippen molar-refractivity contribution >= 4 is 22.7 Å². The molecular formula is C14H12F6N4O2. The van der Waals surface area contributed by atoms with Crippen LogP contribution in [0.3, 0.4) is 0 Å². The van der Waals surface area contributed by atoms with Gasteiger partial charge in [-0.05, 0) is 12.1 Å². The number of ether oxygens (including phenoxy) is 2. The molecule has 142 valence electrons. The average molecular weight is 382 g/mol. The number of nitrogens with two attached hydrogens (primary N) is 4. The van der Waals surface area contributed by atoms with Crippen molar-refractivity contribution < 1.29 is 35.8 Å². The number of rotatable bonds is 3. The summed E-state index contributed by atoms with van der Waals surface area (Å²) < 4.78 is 83.5. The predicted octanol–water partition coefficient (Wildman–Crippen LogP) is 3.48. The molecule has 0 aliphatic heterocycles. The van der Waals surface area contributed by atoms with Crippen LogP contribution < -0.4 is 32.4 Å². The first-order chi connectivity index (χ1) is 11.8. The zero-order valence-corrected chi connectivity index (χ0v) is 12.7. The van der Waals surface area contributed by atoms with Crippen molar-refractivity contribution in [2.75, 3.05) is 22.9 Å². The van der Waals surface area contributed by atoms with E-state index in [1.165, 1.54) is 0 Å². The zero-order chi connectivity index (χ0) is 19.9. The minimum absolute atomic E-state index is 0.192. The lowest BCUT2D eigenvalue weighted by atomic mass is 10.0. The molecule has 6 nitrogen and oxygen atoms in total. The highest BCUT2D eigenvalue weighted by atomic mass is 19.4. The molecule has 0 aliphatic rings. The van der Waals surface area contributed by atoms with Gasteiger partial charge < -0.3 is 32.4 Å². The van der Waals surface area contributed by atoms with E-state index in [-0.39, 0.29) is 22.7 Å². The Morgan fingerprint density at radius 2 is 0.808 bits per heavy atom. The molecule has 12 heteroatoms. The van der Waals surface area contributed by atoms with Crippen LogP contribution in [0, 0.1) is 0 Å². The van der Waals surface area contributed by atoms with Crippen molar-refractivity contribution in [3.05, 3.63) is 24.3 Å². The molecule has 26 heavy (non-hydrogen) atoms. The topological polar surface area (TPSA) is 123 Å². The molecule has 0 aliphatic carbocycles. The fourth-order valence-electron chi connectivity index (χ4n) is 2.06. The molecule has 0 amide bonds. The molecule has 0 bridgehead atoms. The second kappa shape index (κ2) is 6.28. The Labute approximate surface area is 142 Å². The maximum atomic E-state index is 12.6. The Balaban J connectivity index is 2.74. The van der Waals surface area contributed by atoms with Crippen molar-refractivity contribution in [1.29, 1.82) is 0 Å². The quantitative estimate of drug-likeness (QED) is 0.476. The van der Waals surface area contributed by atoms with Crippen molar-refractivity contribution in [2.24, 2.45) is 0 Å². The molecule has 0 heterocycles. The molecule has 0 saturated carbocycles. The smallest absolute Gasteiger partial charge is 0.405 e. The van der Waals surface area contributed by atoms with E-state index in [0.29, 0.717) is 0 Å². The zero-order valence-electron chi connectivity index (χ0n) is 12.7. The highest BCUT2D eigenvalue weighted by Crippen LogP contribution is 2.45. The number of hydrogen-bond donors (Lipinski definition) is 4. The fourth-order valence-corrected chi connectivity index (χ4v) is 2.06. The van der Waals surface area contributed by atoms with Crippen LogP contribution in [0.25, 0.3) is 11.1 Å². The number of halogens is 6. The van der Waals surface area contributed by atoms with Crippen LogP contribution in [0.5, 0.6) is 11.5 Å². The van der Waals surface area contributed by atoms with E-state index >= 15 is 0 Å². The molecule has 2 aromatic carbocycles. The van der Waals surface area contributed by atoms with Gasteiger partial charge in [0.05, 0.1) is 22.7 Å². The summed E-state index contributed by atoms with van der Waals surface area (Å²) in [5, 5.41) is 0. The summed E-state index contributed by atoms with van der Waals surface area (Å²) in [4.78, 5) is 0. The number of benzene rings is 2.